The maximum atomic E-state index is 4.12. The first-order valence-electron chi connectivity index (χ1n) is 4.73. The summed E-state index contributed by atoms with van der Waals surface area (Å²) in [4.78, 5) is 6.55. The normalized spacial score (nSPS) is 17.5. The van der Waals surface area contributed by atoms with E-state index >= 15 is 0 Å². The van der Waals surface area contributed by atoms with Crippen molar-refractivity contribution in [2.75, 3.05) is 18.0 Å². The van der Waals surface area contributed by atoms with Crippen LogP contribution in [0, 0.1) is 0 Å². The van der Waals surface area contributed by atoms with Crippen LogP contribution in [-0.4, -0.2) is 18.1 Å². The molecule has 0 amide bonds. The Kier molecular flexibility index (Phi) is 2.83. The first-order valence-corrected chi connectivity index (χ1v) is 5.52. The van der Waals surface area contributed by atoms with E-state index in [1.807, 2.05) is 6.20 Å². The van der Waals surface area contributed by atoms with Crippen molar-refractivity contribution in [1.29, 1.82) is 0 Å². The summed E-state index contributed by atoms with van der Waals surface area (Å²) in [6.45, 7) is 2.38. The second-order valence-electron chi connectivity index (χ2n) is 3.38. The Morgan fingerprint density at radius 3 is 2.69 bits per heavy atom. The van der Waals surface area contributed by atoms with Crippen molar-refractivity contribution in [2.45, 2.75) is 19.3 Å². The molecule has 0 atom stereocenters. The molecule has 0 N–H and O–H groups in total. The van der Waals surface area contributed by atoms with Gasteiger partial charge in [0.2, 0.25) is 0 Å². The molecule has 1 aliphatic rings. The lowest BCUT2D eigenvalue weighted by atomic mass is 10.1. The van der Waals surface area contributed by atoms with Gasteiger partial charge in [0.1, 0.15) is 4.60 Å². The summed E-state index contributed by atoms with van der Waals surface area (Å²) in [6, 6.07) is 4.17. The van der Waals surface area contributed by atoms with E-state index in [1.165, 1.54) is 38.0 Å². The van der Waals surface area contributed by atoms with E-state index in [0.717, 1.165) is 4.60 Å². The summed E-state index contributed by atoms with van der Waals surface area (Å²) in [7, 11) is 0. The summed E-state index contributed by atoms with van der Waals surface area (Å²) >= 11 is 3.39. The van der Waals surface area contributed by atoms with Gasteiger partial charge in [-0.1, -0.05) is 0 Å². The third kappa shape index (κ3) is 2.21. The molecule has 70 valence electrons. The number of halogens is 1. The molecule has 1 aliphatic heterocycles. The van der Waals surface area contributed by atoms with Crippen LogP contribution in [0.4, 0.5) is 5.69 Å². The molecular formula is C10H13BrN2. The summed E-state index contributed by atoms with van der Waals surface area (Å²) in [6.07, 6.45) is 5.87. The van der Waals surface area contributed by atoms with Gasteiger partial charge in [-0.25, -0.2) is 4.98 Å². The van der Waals surface area contributed by atoms with E-state index in [2.05, 4.69) is 37.9 Å². The van der Waals surface area contributed by atoms with Crippen molar-refractivity contribution in [3.8, 4) is 0 Å². The van der Waals surface area contributed by atoms with Crippen LogP contribution in [0.15, 0.2) is 22.9 Å². The second kappa shape index (κ2) is 4.09. The molecule has 2 nitrogen and oxygen atoms in total. The number of piperidine rings is 1. The maximum absolute atomic E-state index is 4.12. The first kappa shape index (κ1) is 9.00. The molecule has 0 aliphatic carbocycles. The Bertz CT molecular complexity index is 282. The van der Waals surface area contributed by atoms with Gasteiger partial charge in [-0.15, -0.1) is 0 Å². The smallest absolute Gasteiger partial charge is 0.108 e. The minimum Gasteiger partial charge on any atom is -0.371 e. The minimum absolute atomic E-state index is 0.926. The fourth-order valence-electron chi connectivity index (χ4n) is 1.74. The van der Waals surface area contributed by atoms with Gasteiger partial charge in [0, 0.05) is 25.0 Å². The van der Waals surface area contributed by atoms with Gasteiger partial charge < -0.3 is 4.90 Å². The molecule has 1 aromatic heterocycles. The molecule has 0 spiro atoms. The molecule has 1 saturated heterocycles. The molecule has 0 radical (unpaired) electrons. The largest absolute Gasteiger partial charge is 0.371 e. The molecule has 0 unspecified atom stereocenters. The quantitative estimate of drug-likeness (QED) is 0.703. The van der Waals surface area contributed by atoms with Crippen LogP contribution in [0.5, 0.6) is 0 Å². The average Bonchev–Trinajstić information content (AvgIpc) is 2.19. The summed E-state index contributed by atoms with van der Waals surface area (Å²) in [5.74, 6) is 0. The van der Waals surface area contributed by atoms with Crippen molar-refractivity contribution >= 4 is 21.6 Å². The number of rotatable bonds is 1. The predicted molar refractivity (Wildman–Crippen MR) is 58.0 cm³/mol. The number of aromatic nitrogens is 1. The molecule has 2 rings (SSSR count). The monoisotopic (exact) mass is 240 g/mol. The van der Waals surface area contributed by atoms with Crippen LogP contribution in [-0.2, 0) is 0 Å². The maximum Gasteiger partial charge on any atom is 0.108 e. The topological polar surface area (TPSA) is 16.1 Å². The first-order chi connectivity index (χ1) is 6.36. The third-order valence-corrected chi connectivity index (χ3v) is 2.87. The van der Waals surface area contributed by atoms with E-state index < -0.39 is 0 Å². The summed E-state index contributed by atoms with van der Waals surface area (Å²) in [5.41, 5.74) is 1.29. The Hall–Kier alpha value is -0.570. The van der Waals surface area contributed by atoms with Crippen LogP contribution in [0.25, 0.3) is 0 Å². The van der Waals surface area contributed by atoms with Gasteiger partial charge in [0.25, 0.3) is 0 Å². The number of hydrogen-bond donors (Lipinski definition) is 0. The Labute approximate surface area is 87.1 Å². The molecule has 1 aromatic rings. The minimum atomic E-state index is 0.926. The van der Waals surface area contributed by atoms with Crippen molar-refractivity contribution in [3.63, 3.8) is 0 Å². The molecule has 3 heteroatoms. The van der Waals surface area contributed by atoms with Gasteiger partial charge in [0.05, 0.1) is 0 Å². The van der Waals surface area contributed by atoms with Crippen LogP contribution >= 0.6 is 15.9 Å². The van der Waals surface area contributed by atoms with E-state index in [9.17, 15) is 0 Å². The molecule has 13 heavy (non-hydrogen) atoms. The van der Waals surface area contributed by atoms with Crippen LogP contribution < -0.4 is 4.90 Å². The van der Waals surface area contributed by atoms with Gasteiger partial charge in [-0.05, 0) is 47.3 Å². The average molecular weight is 241 g/mol. The number of nitrogens with zero attached hydrogens (tertiary/aromatic N) is 2. The van der Waals surface area contributed by atoms with Gasteiger partial charge in [-0.2, -0.15) is 0 Å². The molecule has 0 saturated carbocycles. The molecule has 0 bridgehead atoms. The molecule has 2 heterocycles. The van der Waals surface area contributed by atoms with E-state index in [4.69, 9.17) is 0 Å². The Morgan fingerprint density at radius 2 is 2.00 bits per heavy atom. The van der Waals surface area contributed by atoms with Crippen molar-refractivity contribution < 1.29 is 0 Å². The lowest BCUT2D eigenvalue weighted by molar-refractivity contribution is 0.577. The highest BCUT2D eigenvalue weighted by Gasteiger charge is 2.10. The second-order valence-corrected chi connectivity index (χ2v) is 4.20. The standard InChI is InChI=1S/C10H13BrN2/c11-10-8-9(4-5-12-10)13-6-2-1-3-7-13/h4-5,8H,1-3,6-7H2. The highest BCUT2D eigenvalue weighted by molar-refractivity contribution is 9.10. The lowest BCUT2D eigenvalue weighted by Gasteiger charge is -2.28. The SMILES string of the molecule is Brc1cc(N2CCCCC2)ccn1. The van der Waals surface area contributed by atoms with Crippen molar-refractivity contribution in [1.82, 2.24) is 4.98 Å². The van der Waals surface area contributed by atoms with Gasteiger partial charge in [-0.3, -0.25) is 0 Å². The predicted octanol–water partition coefficient (Wildman–Crippen LogP) is 2.83. The fourth-order valence-corrected chi connectivity index (χ4v) is 2.09. The van der Waals surface area contributed by atoms with Crippen molar-refractivity contribution in [2.24, 2.45) is 0 Å². The highest BCUT2D eigenvalue weighted by Crippen LogP contribution is 2.21. The lowest BCUT2D eigenvalue weighted by Crippen LogP contribution is -2.29. The Balaban J connectivity index is 2.14. The van der Waals surface area contributed by atoms with Crippen molar-refractivity contribution in [3.05, 3.63) is 22.9 Å². The van der Waals surface area contributed by atoms with Gasteiger partial charge >= 0.3 is 0 Å². The van der Waals surface area contributed by atoms with E-state index in [0.29, 0.717) is 0 Å². The molecular weight excluding hydrogens is 228 g/mol. The Morgan fingerprint density at radius 1 is 1.23 bits per heavy atom. The fraction of sp³-hybridized carbons (Fsp3) is 0.500. The number of anilines is 1. The third-order valence-electron chi connectivity index (χ3n) is 2.43. The number of pyridine rings is 1. The molecule has 1 fully saturated rings. The van der Waals surface area contributed by atoms with Crippen LogP contribution in [0.2, 0.25) is 0 Å². The zero-order valence-electron chi connectivity index (χ0n) is 7.54. The summed E-state index contributed by atoms with van der Waals surface area (Å²) < 4.78 is 0.926. The summed E-state index contributed by atoms with van der Waals surface area (Å²) in [5, 5.41) is 0. The molecule has 0 aromatic carbocycles. The number of hydrogen-bond acceptors (Lipinski definition) is 2. The van der Waals surface area contributed by atoms with E-state index in [1.54, 1.807) is 0 Å². The highest BCUT2D eigenvalue weighted by atomic mass is 79.9. The van der Waals surface area contributed by atoms with Gasteiger partial charge in [0.15, 0.2) is 0 Å². The van der Waals surface area contributed by atoms with Crippen LogP contribution in [0.1, 0.15) is 19.3 Å². The zero-order valence-corrected chi connectivity index (χ0v) is 9.13. The van der Waals surface area contributed by atoms with E-state index in [-0.39, 0.29) is 0 Å². The zero-order chi connectivity index (χ0) is 9.10. The van der Waals surface area contributed by atoms with Crippen LogP contribution in [0.3, 0.4) is 0 Å².